The molecule has 0 amide bonds. The summed E-state index contributed by atoms with van der Waals surface area (Å²) in [6.45, 7) is 4.29. The van der Waals surface area contributed by atoms with Gasteiger partial charge in [-0.3, -0.25) is 0 Å². The Labute approximate surface area is 230 Å². The second-order valence-corrected chi connectivity index (χ2v) is 10.4. The van der Waals surface area contributed by atoms with Crippen molar-refractivity contribution >= 4 is 10.1 Å². The minimum absolute atomic E-state index is 0. The van der Waals surface area contributed by atoms with E-state index in [2.05, 4.69) is 6.92 Å². The van der Waals surface area contributed by atoms with Gasteiger partial charge in [0, 0.05) is 0 Å². The molecule has 176 valence electrons. The number of hydrogen-bond donors (Lipinski definition) is 1. The summed E-state index contributed by atoms with van der Waals surface area (Å²) >= 11 is 0. The number of rotatable bonds is 22. The maximum atomic E-state index is 11.4. The molecule has 0 saturated heterocycles. The molecule has 0 aliphatic heterocycles. The average molecular weight is 473 g/mol. The van der Waals surface area contributed by atoms with E-state index in [4.69, 9.17) is 0 Å². The van der Waals surface area contributed by atoms with Crippen LogP contribution in [0.15, 0.2) is 0 Å². The summed E-state index contributed by atoms with van der Waals surface area (Å²) in [4.78, 5) is 0. The minimum atomic E-state index is -4.42. The third kappa shape index (κ3) is 21.4. The van der Waals surface area contributed by atoms with Crippen LogP contribution in [0.3, 0.4) is 0 Å². The fourth-order valence-corrected chi connectivity index (χ4v) is 5.01. The van der Waals surface area contributed by atoms with Crippen molar-refractivity contribution in [2.24, 2.45) is 0 Å². The summed E-state index contributed by atoms with van der Waals surface area (Å²) in [5.74, 6) is 0. The van der Waals surface area contributed by atoms with Crippen molar-refractivity contribution in [3.05, 3.63) is 0 Å². The zero-order chi connectivity index (χ0) is 21.8. The molecule has 0 aromatic heterocycles. The van der Waals surface area contributed by atoms with Crippen LogP contribution in [0.1, 0.15) is 142 Å². The Hall–Kier alpha value is 1.51. The van der Waals surface area contributed by atoms with Crippen LogP contribution in [0.5, 0.6) is 0 Å². The monoisotopic (exact) mass is 472 g/mol. The van der Waals surface area contributed by atoms with Crippen molar-refractivity contribution < 1.29 is 69.5 Å². The van der Waals surface area contributed by atoms with Crippen molar-refractivity contribution in [1.29, 1.82) is 0 Å². The average Bonchev–Trinajstić information content (AvgIpc) is 2.67. The smallest absolute Gasteiger partial charge is 0.748 e. The molecular weight excluding hydrogens is 423 g/mol. The Balaban J connectivity index is 0. The summed E-state index contributed by atoms with van der Waals surface area (Å²) in [7, 11) is -4.42. The van der Waals surface area contributed by atoms with Gasteiger partial charge in [0.05, 0.1) is 11.4 Å². The molecule has 0 aliphatic carbocycles. The SMILES string of the molecule is CCCCCCCCCCCCCCCCCC(O)C(CCCCC)S(=O)(=O)[O-].[K+]. The van der Waals surface area contributed by atoms with E-state index in [-0.39, 0.29) is 51.4 Å². The number of hydrogen-bond acceptors (Lipinski definition) is 4. The van der Waals surface area contributed by atoms with E-state index >= 15 is 0 Å². The molecular formula is C24H49KO4S. The maximum Gasteiger partial charge on any atom is 1.00 e. The van der Waals surface area contributed by atoms with Crippen molar-refractivity contribution in [2.45, 2.75) is 154 Å². The normalized spacial score (nSPS) is 13.7. The first-order chi connectivity index (χ1) is 13.9. The molecule has 0 aliphatic rings. The summed E-state index contributed by atoms with van der Waals surface area (Å²) < 4.78 is 34.2. The van der Waals surface area contributed by atoms with E-state index in [0.29, 0.717) is 19.3 Å². The van der Waals surface area contributed by atoms with Gasteiger partial charge >= 0.3 is 51.4 Å². The van der Waals surface area contributed by atoms with Crippen LogP contribution in [0.2, 0.25) is 0 Å². The Morgan fingerprint density at radius 1 is 0.600 bits per heavy atom. The third-order valence-electron chi connectivity index (χ3n) is 6.00. The predicted molar refractivity (Wildman–Crippen MR) is 123 cm³/mol. The van der Waals surface area contributed by atoms with Gasteiger partial charge in [0.25, 0.3) is 0 Å². The molecule has 0 bridgehead atoms. The number of aliphatic hydroxyl groups excluding tert-OH is 1. The van der Waals surface area contributed by atoms with E-state index in [1.807, 2.05) is 6.92 Å². The van der Waals surface area contributed by atoms with Crippen LogP contribution in [0.4, 0.5) is 0 Å². The summed E-state index contributed by atoms with van der Waals surface area (Å²) in [6.07, 6.45) is 21.4. The van der Waals surface area contributed by atoms with Gasteiger partial charge in [-0.1, -0.05) is 129 Å². The van der Waals surface area contributed by atoms with E-state index in [1.165, 1.54) is 77.0 Å². The second kappa shape index (κ2) is 23.7. The van der Waals surface area contributed by atoms with Gasteiger partial charge in [0.2, 0.25) is 0 Å². The molecule has 6 heteroatoms. The maximum absolute atomic E-state index is 11.4. The van der Waals surface area contributed by atoms with E-state index in [0.717, 1.165) is 32.1 Å². The Morgan fingerprint density at radius 3 is 1.27 bits per heavy atom. The first kappa shape index (κ1) is 33.7. The summed E-state index contributed by atoms with van der Waals surface area (Å²) in [6, 6.07) is 0. The minimum Gasteiger partial charge on any atom is -0.748 e. The van der Waals surface area contributed by atoms with Crippen LogP contribution in [0, 0.1) is 0 Å². The van der Waals surface area contributed by atoms with Gasteiger partial charge in [-0.05, 0) is 12.8 Å². The van der Waals surface area contributed by atoms with E-state index in [9.17, 15) is 18.1 Å². The van der Waals surface area contributed by atoms with Crippen molar-refractivity contribution in [1.82, 2.24) is 0 Å². The molecule has 2 atom stereocenters. The van der Waals surface area contributed by atoms with Gasteiger partial charge in [-0.15, -0.1) is 0 Å². The first-order valence-electron chi connectivity index (χ1n) is 12.6. The zero-order valence-electron chi connectivity index (χ0n) is 20.4. The van der Waals surface area contributed by atoms with Crippen LogP contribution < -0.4 is 51.4 Å². The number of unbranched alkanes of at least 4 members (excludes halogenated alkanes) is 16. The van der Waals surface area contributed by atoms with Crippen LogP contribution >= 0.6 is 0 Å². The zero-order valence-corrected chi connectivity index (χ0v) is 24.3. The molecule has 4 nitrogen and oxygen atoms in total. The van der Waals surface area contributed by atoms with Crippen molar-refractivity contribution in [3.63, 3.8) is 0 Å². The van der Waals surface area contributed by atoms with E-state index < -0.39 is 21.5 Å². The Bertz CT molecular complexity index is 442. The molecule has 0 aromatic carbocycles. The molecule has 30 heavy (non-hydrogen) atoms. The Kier molecular flexibility index (Phi) is 26.6. The number of aliphatic hydroxyl groups is 1. The third-order valence-corrected chi connectivity index (χ3v) is 7.29. The molecule has 0 saturated carbocycles. The van der Waals surface area contributed by atoms with Crippen LogP contribution in [-0.2, 0) is 10.1 Å². The first-order valence-corrected chi connectivity index (χ1v) is 14.0. The molecule has 0 aromatic rings. The fraction of sp³-hybridized carbons (Fsp3) is 1.00. The van der Waals surface area contributed by atoms with E-state index in [1.54, 1.807) is 0 Å². The fourth-order valence-electron chi connectivity index (χ4n) is 4.04. The molecule has 1 N–H and O–H groups in total. The molecule has 0 spiro atoms. The summed E-state index contributed by atoms with van der Waals surface area (Å²) in [5.41, 5.74) is 0. The largest absolute Gasteiger partial charge is 1.00 e. The standard InChI is InChI=1S/C24H50O4S.K/c1-3-5-7-8-9-10-11-12-13-14-15-16-17-18-20-21-23(25)24(29(26,27)28)22-19-6-4-2;/h23-25H,3-22H2,1-2H3,(H,26,27,28);/q;+1/p-1. The summed E-state index contributed by atoms with van der Waals surface area (Å²) in [5, 5.41) is 9.04. The second-order valence-electron chi connectivity index (χ2n) is 8.83. The van der Waals surface area contributed by atoms with Gasteiger partial charge in [0.15, 0.2) is 0 Å². The predicted octanol–water partition coefficient (Wildman–Crippen LogP) is 4.11. The Morgan fingerprint density at radius 2 is 0.900 bits per heavy atom. The molecule has 0 rings (SSSR count). The van der Waals surface area contributed by atoms with Crippen molar-refractivity contribution in [3.8, 4) is 0 Å². The molecule has 0 heterocycles. The molecule has 2 unspecified atom stereocenters. The van der Waals surface area contributed by atoms with Gasteiger partial charge in [0.1, 0.15) is 10.1 Å². The molecule has 0 radical (unpaired) electrons. The topological polar surface area (TPSA) is 77.4 Å². The van der Waals surface area contributed by atoms with Gasteiger partial charge in [-0.2, -0.15) is 0 Å². The van der Waals surface area contributed by atoms with Crippen LogP contribution in [0.25, 0.3) is 0 Å². The quantitative estimate of drug-likeness (QED) is 0.146. The molecule has 0 fully saturated rings. The van der Waals surface area contributed by atoms with Crippen molar-refractivity contribution in [2.75, 3.05) is 0 Å². The van der Waals surface area contributed by atoms with Gasteiger partial charge in [-0.25, -0.2) is 8.42 Å². The van der Waals surface area contributed by atoms with Gasteiger partial charge < -0.3 is 9.66 Å². The van der Waals surface area contributed by atoms with Crippen LogP contribution in [-0.4, -0.2) is 29.4 Å².